The van der Waals surface area contributed by atoms with E-state index in [9.17, 15) is 4.79 Å². The number of carbonyl (C=O) groups is 1. The fourth-order valence-electron chi connectivity index (χ4n) is 1.78. The van der Waals surface area contributed by atoms with E-state index in [1.54, 1.807) is 7.05 Å². The number of nitrogens with one attached hydrogen (secondary N) is 2. The van der Waals surface area contributed by atoms with Crippen molar-refractivity contribution >= 4 is 23.4 Å². The number of rotatable bonds is 5. The van der Waals surface area contributed by atoms with Crippen LogP contribution in [-0.4, -0.2) is 37.1 Å². The van der Waals surface area contributed by atoms with Crippen LogP contribution in [0.1, 0.15) is 6.42 Å². The Kier molecular flexibility index (Phi) is 4.75. The molecule has 1 aliphatic rings. The first kappa shape index (κ1) is 13.1. The summed E-state index contributed by atoms with van der Waals surface area (Å²) in [6.07, 6.45) is 1.20. The van der Waals surface area contributed by atoms with Crippen LogP contribution in [0, 0.1) is 0 Å². The van der Waals surface area contributed by atoms with Gasteiger partial charge in [-0.25, -0.2) is 0 Å². The van der Waals surface area contributed by atoms with Crippen molar-refractivity contribution in [2.24, 2.45) is 0 Å². The average molecular weight is 266 g/mol. The average Bonchev–Trinajstić information content (AvgIpc) is 2.89. The number of amides is 1. The number of thioether (sulfide) groups is 1. The Labute approximate surface area is 111 Å². The van der Waals surface area contributed by atoms with Gasteiger partial charge < -0.3 is 15.4 Å². The number of benzene rings is 1. The largest absolute Gasteiger partial charge is 0.484 e. The van der Waals surface area contributed by atoms with E-state index >= 15 is 0 Å². The van der Waals surface area contributed by atoms with E-state index in [0.29, 0.717) is 11.8 Å². The standard InChI is InChI=1S/C13H18N2O2S/c1-14-13(16)8-17-12-4-2-3-10(7-12)15-11-5-6-18-9-11/h2-4,7,11,15H,5-6,8-9H2,1H3,(H,14,16). The lowest BCUT2D eigenvalue weighted by Crippen LogP contribution is -2.24. The molecule has 98 valence electrons. The first-order chi connectivity index (χ1) is 8.78. The van der Waals surface area contributed by atoms with Crippen molar-refractivity contribution in [1.82, 2.24) is 5.32 Å². The Bertz CT molecular complexity index is 406. The number of hydrogen-bond acceptors (Lipinski definition) is 4. The van der Waals surface area contributed by atoms with Gasteiger partial charge in [0.25, 0.3) is 5.91 Å². The third-order valence-electron chi connectivity index (χ3n) is 2.78. The van der Waals surface area contributed by atoms with Crippen molar-refractivity contribution in [1.29, 1.82) is 0 Å². The topological polar surface area (TPSA) is 50.4 Å². The van der Waals surface area contributed by atoms with Gasteiger partial charge in [0.1, 0.15) is 5.75 Å². The molecule has 1 atom stereocenters. The molecule has 1 heterocycles. The van der Waals surface area contributed by atoms with Crippen molar-refractivity contribution < 1.29 is 9.53 Å². The summed E-state index contributed by atoms with van der Waals surface area (Å²) in [5.74, 6) is 2.98. The van der Waals surface area contributed by atoms with Gasteiger partial charge in [-0.3, -0.25) is 4.79 Å². The lowest BCUT2D eigenvalue weighted by atomic mass is 10.2. The quantitative estimate of drug-likeness (QED) is 0.852. The molecule has 0 saturated carbocycles. The number of anilines is 1. The Balaban J connectivity index is 1.89. The molecule has 1 aromatic rings. The normalized spacial score (nSPS) is 18.4. The zero-order valence-corrected chi connectivity index (χ0v) is 11.3. The maximum Gasteiger partial charge on any atom is 0.257 e. The number of carbonyl (C=O) groups excluding carboxylic acids is 1. The summed E-state index contributed by atoms with van der Waals surface area (Å²) in [5, 5.41) is 6.01. The fourth-order valence-corrected chi connectivity index (χ4v) is 2.93. The van der Waals surface area contributed by atoms with Gasteiger partial charge >= 0.3 is 0 Å². The highest BCUT2D eigenvalue weighted by molar-refractivity contribution is 7.99. The van der Waals surface area contributed by atoms with Gasteiger partial charge in [0.2, 0.25) is 0 Å². The molecule has 5 heteroatoms. The van der Waals surface area contributed by atoms with E-state index < -0.39 is 0 Å². The van der Waals surface area contributed by atoms with Crippen LogP contribution in [0.5, 0.6) is 5.75 Å². The van der Waals surface area contributed by atoms with E-state index in [-0.39, 0.29) is 12.5 Å². The molecular formula is C13H18N2O2S. The van der Waals surface area contributed by atoms with E-state index in [0.717, 1.165) is 11.4 Å². The Hall–Kier alpha value is -1.36. The molecule has 0 spiro atoms. The molecule has 4 nitrogen and oxygen atoms in total. The molecule has 2 N–H and O–H groups in total. The number of ether oxygens (including phenoxy) is 1. The van der Waals surface area contributed by atoms with Crippen LogP contribution in [0.2, 0.25) is 0 Å². The van der Waals surface area contributed by atoms with Gasteiger partial charge in [0, 0.05) is 30.6 Å². The van der Waals surface area contributed by atoms with Crippen LogP contribution in [-0.2, 0) is 4.79 Å². The third kappa shape index (κ3) is 3.84. The van der Waals surface area contributed by atoms with Crippen molar-refractivity contribution in [2.45, 2.75) is 12.5 Å². The van der Waals surface area contributed by atoms with Crippen LogP contribution >= 0.6 is 11.8 Å². The maximum atomic E-state index is 11.1. The number of hydrogen-bond donors (Lipinski definition) is 2. The summed E-state index contributed by atoms with van der Waals surface area (Å²) in [4.78, 5) is 11.1. The van der Waals surface area contributed by atoms with E-state index in [1.165, 1.54) is 12.2 Å². The maximum absolute atomic E-state index is 11.1. The van der Waals surface area contributed by atoms with Crippen molar-refractivity contribution in [3.05, 3.63) is 24.3 Å². The third-order valence-corrected chi connectivity index (χ3v) is 3.95. The minimum Gasteiger partial charge on any atom is -0.484 e. The Morgan fingerprint density at radius 3 is 3.17 bits per heavy atom. The molecule has 1 saturated heterocycles. The predicted octanol–water partition coefficient (Wildman–Crippen LogP) is 1.73. The lowest BCUT2D eigenvalue weighted by molar-refractivity contribution is -0.122. The van der Waals surface area contributed by atoms with Crippen LogP contribution in [0.4, 0.5) is 5.69 Å². The summed E-state index contributed by atoms with van der Waals surface area (Å²) < 4.78 is 5.41. The molecule has 18 heavy (non-hydrogen) atoms. The van der Waals surface area contributed by atoms with Crippen molar-refractivity contribution in [2.75, 3.05) is 30.5 Å². The first-order valence-corrected chi connectivity index (χ1v) is 7.21. The van der Waals surface area contributed by atoms with Gasteiger partial charge in [-0.15, -0.1) is 0 Å². The smallest absolute Gasteiger partial charge is 0.257 e. The highest BCUT2D eigenvalue weighted by Gasteiger charge is 2.14. The molecule has 1 aromatic carbocycles. The zero-order valence-electron chi connectivity index (χ0n) is 10.4. The van der Waals surface area contributed by atoms with Gasteiger partial charge in [-0.1, -0.05) is 6.07 Å². The molecule has 0 aromatic heterocycles. The minimum atomic E-state index is -0.124. The van der Waals surface area contributed by atoms with Crippen LogP contribution < -0.4 is 15.4 Å². The second-order valence-corrected chi connectivity index (χ2v) is 5.34. The second-order valence-electron chi connectivity index (χ2n) is 4.19. The lowest BCUT2D eigenvalue weighted by Gasteiger charge is -2.14. The SMILES string of the molecule is CNC(=O)COc1cccc(NC2CCSC2)c1. The number of likely N-dealkylation sites (N-methyl/N-ethyl adjacent to an activating group) is 1. The molecule has 0 radical (unpaired) electrons. The summed E-state index contributed by atoms with van der Waals surface area (Å²) in [7, 11) is 1.60. The minimum absolute atomic E-state index is 0.0548. The first-order valence-electron chi connectivity index (χ1n) is 6.05. The molecule has 1 unspecified atom stereocenters. The molecule has 0 aliphatic carbocycles. The van der Waals surface area contributed by atoms with Gasteiger partial charge in [0.05, 0.1) is 0 Å². The van der Waals surface area contributed by atoms with Gasteiger partial charge in [-0.05, 0) is 24.3 Å². The van der Waals surface area contributed by atoms with Crippen LogP contribution in [0.25, 0.3) is 0 Å². The highest BCUT2D eigenvalue weighted by Crippen LogP contribution is 2.23. The molecule has 1 amide bonds. The molecular weight excluding hydrogens is 248 g/mol. The molecule has 1 aliphatic heterocycles. The predicted molar refractivity (Wildman–Crippen MR) is 75.4 cm³/mol. The highest BCUT2D eigenvalue weighted by atomic mass is 32.2. The van der Waals surface area contributed by atoms with E-state index in [1.807, 2.05) is 36.0 Å². The Morgan fingerprint density at radius 2 is 2.44 bits per heavy atom. The zero-order chi connectivity index (χ0) is 12.8. The summed E-state index contributed by atoms with van der Waals surface area (Å²) in [6.45, 7) is 0.0548. The molecule has 0 bridgehead atoms. The van der Waals surface area contributed by atoms with Crippen LogP contribution in [0.3, 0.4) is 0 Å². The summed E-state index contributed by atoms with van der Waals surface area (Å²) in [5.41, 5.74) is 1.05. The Morgan fingerprint density at radius 1 is 1.56 bits per heavy atom. The van der Waals surface area contributed by atoms with Crippen LogP contribution in [0.15, 0.2) is 24.3 Å². The summed E-state index contributed by atoms with van der Waals surface area (Å²) >= 11 is 1.98. The van der Waals surface area contributed by atoms with E-state index in [2.05, 4.69) is 10.6 Å². The van der Waals surface area contributed by atoms with E-state index in [4.69, 9.17) is 4.74 Å². The second kappa shape index (κ2) is 6.54. The molecule has 1 fully saturated rings. The summed E-state index contributed by atoms with van der Waals surface area (Å²) in [6, 6.07) is 8.30. The fraction of sp³-hybridized carbons (Fsp3) is 0.462. The van der Waals surface area contributed by atoms with Crippen molar-refractivity contribution in [3.8, 4) is 5.75 Å². The van der Waals surface area contributed by atoms with Crippen molar-refractivity contribution in [3.63, 3.8) is 0 Å². The van der Waals surface area contributed by atoms with Gasteiger partial charge in [0.15, 0.2) is 6.61 Å². The molecule has 2 rings (SSSR count). The monoisotopic (exact) mass is 266 g/mol. The van der Waals surface area contributed by atoms with Gasteiger partial charge in [-0.2, -0.15) is 11.8 Å².